The minimum absolute atomic E-state index is 0.0189. The van der Waals surface area contributed by atoms with Crippen LogP contribution in [0.25, 0.3) is 0 Å². The highest BCUT2D eigenvalue weighted by molar-refractivity contribution is 6.51. The zero-order valence-corrected chi connectivity index (χ0v) is 13.2. The lowest BCUT2D eigenvalue weighted by molar-refractivity contribution is -0.384. The number of hydrogen-bond donors (Lipinski definition) is 0. The number of nitrogens with zero attached hydrogens (tertiary/aromatic N) is 2. The third kappa shape index (κ3) is 3.84. The van der Waals surface area contributed by atoms with Gasteiger partial charge in [0.25, 0.3) is 5.69 Å². The first-order valence-corrected chi connectivity index (χ1v) is 7.63. The van der Waals surface area contributed by atoms with Crippen LogP contribution in [-0.2, 0) is 0 Å². The number of aliphatic imine (C=N–C) groups is 1. The van der Waals surface area contributed by atoms with Gasteiger partial charge in [0.2, 0.25) is 5.78 Å². The van der Waals surface area contributed by atoms with Crippen molar-refractivity contribution >= 4 is 22.9 Å². The largest absolute Gasteiger partial charge is 0.287 e. The number of benzene rings is 3. The van der Waals surface area contributed by atoms with Gasteiger partial charge in [-0.2, -0.15) is 0 Å². The van der Waals surface area contributed by atoms with E-state index in [9.17, 15) is 14.9 Å². The summed E-state index contributed by atoms with van der Waals surface area (Å²) in [6, 6.07) is 23.8. The van der Waals surface area contributed by atoms with E-state index in [1.54, 1.807) is 24.3 Å². The summed E-state index contributed by atoms with van der Waals surface area (Å²) in [6.45, 7) is 0. The number of nitro benzene ring substituents is 1. The normalized spacial score (nSPS) is 11.1. The molecule has 0 amide bonds. The molecule has 0 bridgehead atoms. The third-order valence-electron chi connectivity index (χ3n) is 3.60. The number of ketones is 1. The Morgan fingerprint density at radius 1 is 0.760 bits per heavy atom. The molecule has 25 heavy (non-hydrogen) atoms. The van der Waals surface area contributed by atoms with Gasteiger partial charge < -0.3 is 0 Å². The molecule has 0 unspecified atom stereocenters. The second-order valence-electron chi connectivity index (χ2n) is 5.30. The lowest BCUT2D eigenvalue weighted by atomic mass is 10.0. The van der Waals surface area contributed by atoms with Crippen LogP contribution in [-0.4, -0.2) is 16.4 Å². The molecule has 0 heterocycles. The summed E-state index contributed by atoms with van der Waals surface area (Å²) in [6.07, 6.45) is 0. The van der Waals surface area contributed by atoms with E-state index >= 15 is 0 Å². The highest BCUT2D eigenvalue weighted by Crippen LogP contribution is 2.20. The van der Waals surface area contributed by atoms with E-state index in [4.69, 9.17) is 0 Å². The topological polar surface area (TPSA) is 72.6 Å². The highest BCUT2D eigenvalue weighted by Gasteiger charge is 2.16. The number of nitro groups is 1. The Balaban J connectivity index is 2.05. The third-order valence-corrected chi connectivity index (χ3v) is 3.60. The van der Waals surface area contributed by atoms with Crippen LogP contribution in [0, 0.1) is 10.1 Å². The minimum atomic E-state index is -0.472. The van der Waals surface area contributed by atoms with Gasteiger partial charge in [0.15, 0.2) is 0 Å². The summed E-state index contributed by atoms with van der Waals surface area (Å²) >= 11 is 0. The van der Waals surface area contributed by atoms with Crippen molar-refractivity contribution in [2.45, 2.75) is 0 Å². The molecule has 0 atom stereocenters. The number of hydrogen-bond acceptors (Lipinski definition) is 4. The van der Waals surface area contributed by atoms with Crippen molar-refractivity contribution in [2.75, 3.05) is 0 Å². The minimum Gasteiger partial charge on any atom is -0.287 e. The van der Waals surface area contributed by atoms with E-state index in [2.05, 4.69) is 4.99 Å². The Morgan fingerprint density at radius 2 is 1.28 bits per heavy atom. The van der Waals surface area contributed by atoms with Gasteiger partial charge >= 0.3 is 0 Å². The van der Waals surface area contributed by atoms with Gasteiger partial charge in [-0.05, 0) is 12.1 Å². The fourth-order valence-corrected chi connectivity index (χ4v) is 2.35. The summed E-state index contributed by atoms with van der Waals surface area (Å²) in [5.41, 5.74) is 1.98. The molecule has 0 aliphatic rings. The van der Waals surface area contributed by atoms with E-state index in [1.165, 1.54) is 24.3 Å². The molecular weight excluding hydrogens is 316 g/mol. The summed E-state index contributed by atoms with van der Waals surface area (Å²) in [5, 5.41) is 10.8. The first-order chi connectivity index (χ1) is 12.1. The standard InChI is InChI=1S/C20H14N2O3/c23-20(16-9-5-2-6-10-16)19(15-7-3-1-4-8-15)21-17-11-13-18(14-12-17)22(24)25/h1-14H. The van der Waals surface area contributed by atoms with Crippen molar-refractivity contribution in [3.63, 3.8) is 0 Å². The Hall–Kier alpha value is -3.60. The van der Waals surface area contributed by atoms with Crippen LogP contribution < -0.4 is 0 Å². The molecule has 5 heteroatoms. The van der Waals surface area contributed by atoms with Crippen molar-refractivity contribution in [2.24, 2.45) is 4.99 Å². The van der Waals surface area contributed by atoms with Crippen LogP contribution in [0.5, 0.6) is 0 Å². The Morgan fingerprint density at radius 3 is 1.80 bits per heavy atom. The van der Waals surface area contributed by atoms with Gasteiger partial charge in [0.1, 0.15) is 5.71 Å². The highest BCUT2D eigenvalue weighted by atomic mass is 16.6. The van der Waals surface area contributed by atoms with Crippen molar-refractivity contribution in [3.8, 4) is 0 Å². The SMILES string of the molecule is O=C(C(=Nc1ccc([N+](=O)[O-])cc1)c1ccccc1)c1ccccc1. The molecule has 0 aliphatic carbocycles. The molecule has 0 N–H and O–H groups in total. The van der Waals surface area contributed by atoms with Crippen molar-refractivity contribution < 1.29 is 9.72 Å². The van der Waals surface area contributed by atoms with Crippen molar-refractivity contribution in [1.82, 2.24) is 0 Å². The molecule has 0 spiro atoms. The van der Waals surface area contributed by atoms with E-state index in [1.807, 2.05) is 36.4 Å². The molecule has 3 aromatic carbocycles. The molecule has 0 aromatic heterocycles. The second-order valence-corrected chi connectivity index (χ2v) is 5.30. The lowest BCUT2D eigenvalue weighted by Crippen LogP contribution is -2.15. The van der Waals surface area contributed by atoms with Gasteiger partial charge in [-0.3, -0.25) is 14.9 Å². The van der Waals surface area contributed by atoms with Gasteiger partial charge in [-0.25, -0.2) is 4.99 Å². The number of rotatable bonds is 5. The van der Waals surface area contributed by atoms with Gasteiger partial charge in [0, 0.05) is 23.3 Å². The molecular formula is C20H14N2O3. The van der Waals surface area contributed by atoms with Crippen LogP contribution in [0.3, 0.4) is 0 Å². The van der Waals surface area contributed by atoms with Gasteiger partial charge in [-0.15, -0.1) is 0 Å². The maximum absolute atomic E-state index is 12.9. The molecule has 0 saturated carbocycles. The van der Waals surface area contributed by atoms with E-state index < -0.39 is 4.92 Å². The van der Waals surface area contributed by atoms with Crippen LogP contribution in [0.4, 0.5) is 11.4 Å². The molecule has 5 nitrogen and oxygen atoms in total. The predicted octanol–water partition coefficient (Wildman–Crippen LogP) is 4.60. The van der Waals surface area contributed by atoms with Crippen LogP contribution in [0.15, 0.2) is 89.9 Å². The second kappa shape index (κ2) is 7.31. The van der Waals surface area contributed by atoms with Gasteiger partial charge in [-0.1, -0.05) is 60.7 Å². The molecule has 0 aliphatic heterocycles. The average molecular weight is 330 g/mol. The molecule has 3 aromatic rings. The Kier molecular flexibility index (Phi) is 4.76. The first-order valence-electron chi connectivity index (χ1n) is 7.63. The smallest absolute Gasteiger partial charge is 0.269 e. The van der Waals surface area contributed by atoms with Crippen LogP contribution in [0.2, 0.25) is 0 Å². The van der Waals surface area contributed by atoms with Crippen molar-refractivity contribution in [1.29, 1.82) is 0 Å². The number of carbonyl (C=O) groups is 1. The summed E-state index contributed by atoms with van der Waals surface area (Å²) in [5.74, 6) is -0.204. The summed E-state index contributed by atoms with van der Waals surface area (Å²) in [7, 11) is 0. The molecule has 0 fully saturated rings. The summed E-state index contributed by atoms with van der Waals surface area (Å²) in [4.78, 5) is 27.6. The lowest BCUT2D eigenvalue weighted by Gasteiger charge is -2.07. The number of Topliss-reactive ketones (excluding diaryl/α,β-unsaturated/α-hetero) is 1. The number of non-ortho nitro benzene ring substituents is 1. The zero-order chi connectivity index (χ0) is 17.6. The fraction of sp³-hybridized carbons (Fsp3) is 0. The predicted molar refractivity (Wildman–Crippen MR) is 96.5 cm³/mol. The monoisotopic (exact) mass is 330 g/mol. The van der Waals surface area contributed by atoms with E-state index in [0.717, 1.165) is 0 Å². The average Bonchev–Trinajstić information content (AvgIpc) is 2.67. The van der Waals surface area contributed by atoms with Crippen molar-refractivity contribution in [3.05, 3.63) is 106 Å². The Bertz CT molecular complexity index is 918. The fourth-order valence-electron chi connectivity index (χ4n) is 2.35. The molecule has 0 radical (unpaired) electrons. The van der Waals surface area contributed by atoms with E-state index in [0.29, 0.717) is 22.5 Å². The van der Waals surface area contributed by atoms with Crippen LogP contribution >= 0.6 is 0 Å². The zero-order valence-electron chi connectivity index (χ0n) is 13.2. The van der Waals surface area contributed by atoms with E-state index in [-0.39, 0.29) is 11.5 Å². The summed E-state index contributed by atoms with van der Waals surface area (Å²) < 4.78 is 0. The first kappa shape index (κ1) is 16.3. The molecule has 0 saturated heterocycles. The van der Waals surface area contributed by atoms with Crippen LogP contribution in [0.1, 0.15) is 15.9 Å². The maximum Gasteiger partial charge on any atom is 0.269 e. The number of carbonyl (C=O) groups excluding carboxylic acids is 1. The molecule has 3 rings (SSSR count). The quantitative estimate of drug-likeness (QED) is 0.297. The maximum atomic E-state index is 12.9. The van der Waals surface area contributed by atoms with Gasteiger partial charge in [0.05, 0.1) is 10.6 Å². The molecule has 122 valence electrons. The Labute approximate surface area is 144 Å².